The number of rotatable bonds is 3. The first-order chi connectivity index (χ1) is 5.53. The zero-order chi connectivity index (χ0) is 9.19. The SMILES string of the molecule is Cc1cc(CC(C)(C)CN)cs1. The molecule has 0 aromatic carbocycles. The van der Waals surface area contributed by atoms with Gasteiger partial charge in [0.1, 0.15) is 0 Å². The second-order valence-electron chi connectivity index (χ2n) is 4.11. The van der Waals surface area contributed by atoms with E-state index >= 15 is 0 Å². The van der Waals surface area contributed by atoms with E-state index in [1.54, 1.807) is 0 Å². The average molecular weight is 183 g/mol. The van der Waals surface area contributed by atoms with Crippen molar-refractivity contribution in [1.82, 2.24) is 0 Å². The Morgan fingerprint density at radius 3 is 2.58 bits per heavy atom. The van der Waals surface area contributed by atoms with Crippen LogP contribution in [0.1, 0.15) is 24.3 Å². The van der Waals surface area contributed by atoms with E-state index < -0.39 is 0 Å². The Morgan fingerprint density at radius 1 is 1.50 bits per heavy atom. The van der Waals surface area contributed by atoms with E-state index in [0.717, 1.165) is 13.0 Å². The maximum absolute atomic E-state index is 5.66. The van der Waals surface area contributed by atoms with E-state index in [0.29, 0.717) is 0 Å². The highest BCUT2D eigenvalue weighted by Gasteiger charge is 2.16. The summed E-state index contributed by atoms with van der Waals surface area (Å²) < 4.78 is 0. The highest BCUT2D eigenvalue weighted by molar-refractivity contribution is 7.10. The number of aryl methyl sites for hydroxylation is 1. The second kappa shape index (κ2) is 3.58. The lowest BCUT2D eigenvalue weighted by Crippen LogP contribution is -2.25. The molecular weight excluding hydrogens is 166 g/mol. The second-order valence-corrected chi connectivity index (χ2v) is 5.23. The Kier molecular flexibility index (Phi) is 2.91. The molecule has 0 saturated carbocycles. The first kappa shape index (κ1) is 9.75. The van der Waals surface area contributed by atoms with Crippen molar-refractivity contribution in [3.8, 4) is 0 Å². The van der Waals surface area contributed by atoms with Crippen molar-refractivity contribution in [3.05, 3.63) is 21.9 Å². The third-order valence-electron chi connectivity index (χ3n) is 2.02. The normalized spacial score (nSPS) is 12.0. The summed E-state index contributed by atoms with van der Waals surface area (Å²) >= 11 is 1.81. The third-order valence-corrected chi connectivity index (χ3v) is 2.93. The van der Waals surface area contributed by atoms with Crippen LogP contribution in [0.25, 0.3) is 0 Å². The van der Waals surface area contributed by atoms with Crippen molar-refractivity contribution in [1.29, 1.82) is 0 Å². The molecule has 1 nitrogen and oxygen atoms in total. The Morgan fingerprint density at radius 2 is 2.17 bits per heavy atom. The lowest BCUT2D eigenvalue weighted by atomic mass is 9.87. The van der Waals surface area contributed by atoms with E-state index in [-0.39, 0.29) is 5.41 Å². The quantitative estimate of drug-likeness (QED) is 0.766. The van der Waals surface area contributed by atoms with E-state index in [1.165, 1.54) is 10.4 Å². The topological polar surface area (TPSA) is 26.0 Å². The molecule has 0 aliphatic rings. The van der Waals surface area contributed by atoms with Gasteiger partial charge < -0.3 is 5.73 Å². The van der Waals surface area contributed by atoms with Crippen LogP contribution >= 0.6 is 11.3 Å². The first-order valence-corrected chi connectivity index (χ1v) is 5.15. The van der Waals surface area contributed by atoms with E-state index in [9.17, 15) is 0 Å². The van der Waals surface area contributed by atoms with Crippen molar-refractivity contribution in [3.63, 3.8) is 0 Å². The molecule has 2 N–H and O–H groups in total. The van der Waals surface area contributed by atoms with Gasteiger partial charge in [-0.15, -0.1) is 11.3 Å². The molecular formula is C10H17NS. The van der Waals surface area contributed by atoms with Crippen molar-refractivity contribution < 1.29 is 0 Å². The first-order valence-electron chi connectivity index (χ1n) is 4.27. The fraction of sp³-hybridized carbons (Fsp3) is 0.600. The smallest absolute Gasteiger partial charge is 0.00170 e. The van der Waals surface area contributed by atoms with Gasteiger partial charge in [0.15, 0.2) is 0 Å². The monoisotopic (exact) mass is 183 g/mol. The summed E-state index contributed by atoms with van der Waals surface area (Å²) in [6, 6.07) is 2.25. The number of nitrogens with two attached hydrogens (primary N) is 1. The largest absolute Gasteiger partial charge is 0.330 e. The van der Waals surface area contributed by atoms with Gasteiger partial charge in [0, 0.05) is 4.88 Å². The molecule has 0 radical (unpaired) electrons. The standard InChI is InChI=1S/C10H17NS/c1-8-4-9(6-12-8)5-10(2,3)7-11/h4,6H,5,7,11H2,1-3H3. The molecule has 0 unspecified atom stereocenters. The van der Waals surface area contributed by atoms with Gasteiger partial charge in [0.05, 0.1) is 0 Å². The average Bonchev–Trinajstić information content (AvgIpc) is 2.35. The van der Waals surface area contributed by atoms with Gasteiger partial charge in [-0.3, -0.25) is 0 Å². The fourth-order valence-electron chi connectivity index (χ4n) is 1.22. The third kappa shape index (κ3) is 2.61. The molecule has 1 aromatic heterocycles. The lowest BCUT2D eigenvalue weighted by Gasteiger charge is -2.21. The van der Waals surface area contributed by atoms with Crippen molar-refractivity contribution in [2.75, 3.05) is 6.54 Å². The fourth-order valence-corrected chi connectivity index (χ4v) is 1.92. The molecule has 2 heteroatoms. The van der Waals surface area contributed by atoms with Gasteiger partial charge in [-0.2, -0.15) is 0 Å². The summed E-state index contributed by atoms with van der Waals surface area (Å²) in [6.07, 6.45) is 1.09. The summed E-state index contributed by atoms with van der Waals surface area (Å²) in [7, 11) is 0. The van der Waals surface area contributed by atoms with Crippen molar-refractivity contribution in [2.45, 2.75) is 27.2 Å². The zero-order valence-corrected chi connectivity index (χ0v) is 8.87. The lowest BCUT2D eigenvalue weighted by molar-refractivity contribution is 0.377. The number of thiophene rings is 1. The Balaban J connectivity index is 2.63. The van der Waals surface area contributed by atoms with Crippen LogP contribution < -0.4 is 5.73 Å². The molecule has 0 bridgehead atoms. The molecule has 0 fully saturated rings. The predicted molar refractivity (Wildman–Crippen MR) is 55.6 cm³/mol. The van der Waals surface area contributed by atoms with Crippen LogP contribution in [0.4, 0.5) is 0 Å². The summed E-state index contributed by atoms with van der Waals surface area (Å²) in [6.45, 7) is 7.31. The Labute approximate surface area is 78.6 Å². The molecule has 1 rings (SSSR count). The molecule has 12 heavy (non-hydrogen) atoms. The molecule has 1 aromatic rings. The van der Waals surface area contributed by atoms with Gasteiger partial charge in [-0.05, 0) is 42.3 Å². The minimum absolute atomic E-state index is 0.244. The van der Waals surface area contributed by atoms with E-state index in [4.69, 9.17) is 5.73 Å². The minimum Gasteiger partial charge on any atom is -0.330 e. The van der Waals surface area contributed by atoms with Crippen LogP contribution in [0.5, 0.6) is 0 Å². The van der Waals surface area contributed by atoms with Gasteiger partial charge in [-0.25, -0.2) is 0 Å². The van der Waals surface area contributed by atoms with Crippen LogP contribution in [-0.4, -0.2) is 6.54 Å². The van der Waals surface area contributed by atoms with Crippen molar-refractivity contribution in [2.24, 2.45) is 11.1 Å². The Bertz CT molecular complexity index is 250. The number of hydrogen-bond donors (Lipinski definition) is 1. The van der Waals surface area contributed by atoms with Gasteiger partial charge in [0.2, 0.25) is 0 Å². The maximum Gasteiger partial charge on any atom is 0.00170 e. The summed E-state index contributed by atoms with van der Waals surface area (Å²) in [4.78, 5) is 1.39. The molecule has 0 spiro atoms. The van der Waals surface area contributed by atoms with Crippen LogP contribution in [0.2, 0.25) is 0 Å². The molecule has 0 aliphatic heterocycles. The van der Waals surface area contributed by atoms with E-state index in [1.807, 2.05) is 11.3 Å². The van der Waals surface area contributed by atoms with Crippen LogP contribution in [0.15, 0.2) is 11.4 Å². The highest BCUT2D eigenvalue weighted by Crippen LogP contribution is 2.23. The van der Waals surface area contributed by atoms with E-state index in [2.05, 4.69) is 32.2 Å². The summed E-state index contributed by atoms with van der Waals surface area (Å²) in [5.74, 6) is 0. The van der Waals surface area contributed by atoms with Gasteiger partial charge in [-0.1, -0.05) is 13.8 Å². The predicted octanol–water partition coefficient (Wildman–Crippen LogP) is 2.58. The minimum atomic E-state index is 0.244. The molecule has 1 heterocycles. The summed E-state index contributed by atoms with van der Waals surface area (Å²) in [5, 5.41) is 2.23. The molecule has 0 atom stereocenters. The number of hydrogen-bond acceptors (Lipinski definition) is 2. The van der Waals surface area contributed by atoms with Gasteiger partial charge in [0.25, 0.3) is 0 Å². The molecule has 0 amide bonds. The molecule has 68 valence electrons. The van der Waals surface area contributed by atoms with Crippen LogP contribution in [0.3, 0.4) is 0 Å². The molecule has 0 aliphatic carbocycles. The van der Waals surface area contributed by atoms with Crippen LogP contribution in [-0.2, 0) is 6.42 Å². The van der Waals surface area contributed by atoms with Crippen LogP contribution in [0, 0.1) is 12.3 Å². The zero-order valence-electron chi connectivity index (χ0n) is 8.05. The van der Waals surface area contributed by atoms with Crippen molar-refractivity contribution >= 4 is 11.3 Å². The summed E-state index contributed by atoms with van der Waals surface area (Å²) in [5.41, 5.74) is 7.33. The van der Waals surface area contributed by atoms with Gasteiger partial charge >= 0.3 is 0 Å². The maximum atomic E-state index is 5.66. The Hall–Kier alpha value is -0.340. The molecule has 0 saturated heterocycles. The highest BCUT2D eigenvalue weighted by atomic mass is 32.1.